The van der Waals surface area contributed by atoms with Gasteiger partial charge in [0.2, 0.25) is 10.0 Å². The highest BCUT2D eigenvalue weighted by atomic mass is 32.2. The Morgan fingerprint density at radius 2 is 1.52 bits per heavy atom. The fraction of sp³-hybridized carbons (Fsp3) is 0.219. The first-order valence-electron chi connectivity index (χ1n) is 13.8. The molecule has 0 spiro atoms. The van der Waals surface area contributed by atoms with Crippen LogP contribution in [0.2, 0.25) is 0 Å². The number of piperazine rings is 1. The lowest BCUT2D eigenvalue weighted by molar-refractivity contribution is 0.0951. The fourth-order valence-electron chi connectivity index (χ4n) is 4.77. The quantitative estimate of drug-likeness (QED) is 0.307. The van der Waals surface area contributed by atoms with E-state index >= 15 is 0 Å². The molecule has 0 saturated carbocycles. The van der Waals surface area contributed by atoms with E-state index in [4.69, 9.17) is 0 Å². The highest BCUT2D eigenvalue weighted by Gasteiger charge is 2.28. The average molecular weight is 584 g/mol. The number of nitrogens with one attached hydrogen (secondary N) is 2. The molecule has 0 aliphatic carbocycles. The van der Waals surface area contributed by atoms with Gasteiger partial charge in [0.15, 0.2) is 0 Å². The summed E-state index contributed by atoms with van der Waals surface area (Å²) >= 11 is 0. The molecule has 0 atom stereocenters. The minimum atomic E-state index is -3.51. The van der Waals surface area contributed by atoms with Crippen LogP contribution < -0.4 is 10.6 Å². The Hall–Kier alpha value is -4.38. The van der Waals surface area contributed by atoms with Gasteiger partial charge in [-0.05, 0) is 60.5 Å². The van der Waals surface area contributed by atoms with Gasteiger partial charge >= 0.3 is 0 Å². The van der Waals surface area contributed by atoms with Gasteiger partial charge in [-0.25, -0.2) is 8.42 Å². The van der Waals surface area contributed by atoms with Gasteiger partial charge in [-0.3, -0.25) is 19.5 Å². The molecule has 5 rings (SSSR count). The number of nitrogens with zero attached hydrogens (tertiary/aromatic N) is 3. The maximum atomic E-state index is 13.0. The van der Waals surface area contributed by atoms with Crippen molar-refractivity contribution in [2.75, 3.05) is 31.5 Å². The third-order valence-electron chi connectivity index (χ3n) is 7.21. The highest BCUT2D eigenvalue weighted by molar-refractivity contribution is 7.89. The van der Waals surface area contributed by atoms with E-state index in [1.54, 1.807) is 71.3 Å². The van der Waals surface area contributed by atoms with Gasteiger partial charge in [-0.1, -0.05) is 48.0 Å². The standard InChI is InChI=1S/C32H33N5O4S/c1-24-8-14-28(15-9-24)42(40,41)37-19-17-36(18-20-37)23-25-10-12-27(13-11-25)31(38)35-30-7-3-2-6-29(30)32(39)34-22-26-5-4-16-33-21-26/h2-16,21H,17-20,22-23H2,1H3,(H,34,39)(H,35,38). The van der Waals surface area contributed by atoms with Crippen molar-refractivity contribution in [3.05, 3.63) is 125 Å². The van der Waals surface area contributed by atoms with Crippen LogP contribution in [-0.4, -0.2) is 60.6 Å². The number of para-hydroxylation sites is 1. The van der Waals surface area contributed by atoms with Gasteiger partial charge in [0.05, 0.1) is 16.1 Å². The SMILES string of the molecule is Cc1ccc(S(=O)(=O)N2CCN(Cc3ccc(C(=O)Nc4ccccc4C(=O)NCc4cccnc4)cc3)CC2)cc1. The number of anilines is 1. The zero-order valence-corrected chi connectivity index (χ0v) is 24.2. The number of rotatable bonds is 9. The third kappa shape index (κ3) is 7.09. The third-order valence-corrected chi connectivity index (χ3v) is 9.12. The lowest BCUT2D eigenvalue weighted by atomic mass is 10.1. The first kappa shape index (κ1) is 29.1. The molecule has 0 unspecified atom stereocenters. The van der Waals surface area contributed by atoms with E-state index in [2.05, 4.69) is 20.5 Å². The second-order valence-corrected chi connectivity index (χ2v) is 12.2. The van der Waals surface area contributed by atoms with E-state index < -0.39 is 10.0 Å². The molecule has 0 bridgehead atoms. The molecule has 42 heavy (non-hydrogen) atoms. The number of carbonyl (C=O) groups is 2. The molecule has 10 heteroatoms. The summed E-state index contributed by atoms with van der Waals surface area (Å²) < 4.78 is 27.5. The van der Waals surface area contributed by atoms with E-state index in [1.807, 2.05) is 37.3 Å². The lowest BCUT2D eigenvalue weighted by Crippen LogP contribution is -2.48. The molecule has 2 N–H and O–H groups in total. The summed E-state index contributed by atoms with van der Waals surface area (Å²) in [5.41, 5.74) is 4.19. The van der Waals surface area contributed by atoms with E-state index in [9.17, 15) is 18.0 Å². The van der Waals surface area contributed by atoms with Gasteiger partial charge in [0, 0.05) is 57.2 Å². The fourth-order valence-corrected chi connectivity index (χ4v) is 6.19. The Morgan fingerprint density at radius 1 is 0.810 bits per heavy atom. The van der Waals surface area contributed by atoms with Crippen LogP contribution in [0.15, 0.2) is 102 Å². The molecule has 2 heterocycles. The molecule has 216 valence electrons. The minimum absolute atomic E-state index is 0.295. The topological polar surface area (TPSA) is 112 Å². The number of amides is 2. The van der Waals surface area contributed by atoms with Gasteiger partial charge in [0.25, 0.3) is 11.8 Å². The summed E-state index contributed by atoms with van der Waals surface area (Å²) in [7, 11) is -3.51. The van der Waals surface area contributed by atoms with E-state index in [1.165, 1.54) is 0 Å². The maximum absolute atomic E-state index is 13.0. The Bertz CT molecular complexity index is 1630. The molecule has 1 saturated heterocycles. The minimum Gasteiger partial charge on any atom is -0.348 e. The largest absolute Gasteiger partial charge is 0.348 e. The summed E-state index contributed by atoms with van der Waals surface area (Å²) in [6.07, 6.45) is 3.36. The Balaban J connectivity index is 1.14. The number of hydrogen-bond donors (Lipinski definition) is 2. The van der Waals surface area contributed by atoms with E-state index in [-0.39, 0.29) is 11.8 Å². The van der Waals surface area contributed by atoms with Crippen LogP contribution >= 0.6 is 0 Å². The summed E-state index contributed by atoms with van der Waals surface area (Å²) in [5, 5.41) is 5.72. The predicted octanol–water partition coefficient (Wildman–Crippen LogP) is 4.08. The number of carbonyl (C=O) groups excluding carboxylic acids is 2. The Morgan fingerprint density at radius 3 is 2.21 bits per heavy atom. The summed E-state index contributed by atoms with van der Waals surface area (Å²) in [6, 6.07) is 24.8. The van der Waals surface area contributed by atoms with Crippen LogP contribution in [0.25, 0.3) is 0 Å². The van der Waals surface area contributed by atoms with Crippen LogP contribution in [-0.2, 0) is 23.1 Å². The number of aryl methyl sites for hydroxylation is 1. The van der Waals surface area contributed by atoms with Crippen molar-refractivity contribution in [1.82, 2.24) is 19.5 Å². The summed E-state index contributed by atoms with van der Waals surface area (Å²) in [5.74, 6) is -0.610. The number of hydrogen-bond acceptors (Lipinski definition) is 6. The van der Waals surface area contributed by atoms with Crippen molar-refractivity contribution < 1.29 is 18.0 Å². The zero-order valence-electron chi connectivity index (χ0n) is 23.4. The molecule has 3 aromatic carbocycles. The Kier molecular flexibility index (Phi) is 9.06. The average Bonchev–Trinajstić information content (AvgIpc) is 3.01. The Labute approximate surface area is 246 Å². The zero-order chi connectivity index (χ0) is 29.5. The van der Waals surface area contributed by atoms with Crippen LogP contribution in [0.1, 0.15) is 37.4 Å². The van der Waals surface area contributed by atoms with Crippen LogP contribution in [0.4, 0.5) is 5.69 Å². The second kappa shape index (κ2) is 13.1. The van der Waals surface area contributed by atoms with Crippen molar-refractivity contribution in [3.8, 4) is 0 Å². The first-order valence-corrected chi connectivity index (χ1v) is 15.2. The highest BCUT2D eigenvalue weighted by Crippen LogP contribution is 2.20. The van der Waals surface area contributed by atoms with E-state index in [0.29, 0.717) is 61.0 Å². The maximum Gasteiger partial charge on any atom is 0.255 e. The molecular formula is C32H33N5O4S. The molecule has 1 fully saturated rings. The number of aromatic nitrogens is 1. The van der Waals surface area contributed by atoms with Gasteiger partial charge in [-0.15, -0.1) is 0 Å². The predicted molar refractivity (Wildman–Crippen MR) is 161 cm³/mol. The molecule has 1 aliphatic rings. The second-order valence-electron chi connectivity index (χ2n) is 10.2. The van der Waals surface area contributed by atoms with Crippen molar-refractivity contribution >= 4 is 27.5 Å². The molecule has 2 amide bonds. The van der Waals surface area contributed by atoms with Crippen molar-refractivity contribution in [2.24, 2.45) is 0 Å². The van der Waals surface area contributed by atoms with Crippen LogP contribution in [0.5, 0.6) is 0 Å². The van der Waals surface area contributed by atoms with Crippen LogP contribution in [0.3, 0.4) is 0 Å². The molecular weight excluding hydrogens is 550 g/mol. The molecule has 4 aromatic rings. The lowest BCUT2D eigenvalue weighted by Gasteiger charge is -2.34. The summed E-state index contributed by atoms with van der Waals surface area (Å²) in [4.78, 5) is 32.4. The van der Waals surface area contributed by atoms with Gasteiger partial charge in [0.1, 0.15) is 0 Å². The normalized spacial score (nSPS) is 14.3. The molecule has 1 aromatic heterocycles. The smallest absolute Gasteiger partial charge is 0.255 e. The molecule has 0 radical (unpaired) electrons. The summed E-state index contributed by atoms with van der Waals surface area (Å²) in [6.45, 7) is 4.99. The number of pyridine rings is 1. The van der Waals surface area contributed by atoms with Crippen molar-refractivity contribution in [3.63, 3.8) is 0 Å². The van der Waals surface area contributed by atoms with E-state index in [0.717, 1.165) is 16.7 Å². The van der Waals surface area contributed by atoms with Crippen molar-refractivity contribution in [1.29, 1.82) is 0 Å². The number of sulfonamides is 1. The van der Waals surface area contributed by atoms with Gasteiger partial charge < -0.3 is 10.6 Å². The molecule has 1 aliphatic heterocycles. The monoisotopic (exact) mass is 583 g/mol. The first-order chi connectivity index (χ1) is 20.3. The van der Waals surface area contributed by atoms with Crippen molar-refractivity contribution in [2.45, 2.75) is 24.9 Å². The van der Waals surface area contributed by atoms with Crippen LogP contribution in [0, 0.1) is 6.92 Å². The molecule has 9 nitrogen and oxygen atoms in total. The number of benzene rings is 3. The van der Waals surface area contributed by atoms with Gasteiger partial charge in [-0.2, -0.15) is 4.31 Å².